The van der Waals surface area contributed by atoms with Gasteiger partial charge >= 0.3 is 0 Å². The fourth-order valence-electron chi connectivity index (χ4n) is 1.41. The van der Waals surface area contributed by atoms with Gasteiger partial charge in [0, 0.05) is 22.6 Å². The second-order valence-corrected chi connectivity index (χ2v) is 5.25. The van der Waals surface area contributed by atoms with E-state index in [1.54, 1.807) is 12.1 Å². The molecule has 0 amide bonds. The van der Waals surface area contributed by atoms with Crippen LogP contribution in [0.25, 0.3) is 0 Å². The molecule has 2 aromatic rings. The van der Waals surface area contributed by atoms with Crippen LogP contribution < -0.4 is 5.32 Å². The Morgan fingerprint density at radius 1 is 1.22 bits per heavy atom. The second-order valence-electron chi connectivity index (χ2n) is 3.60. The molecule has 0 bridgehead atoms. The van der Waals surface area contributed by atoms with Crippen molar-refractivity contribution < 1.29 is 0 Å². The van der Waals surface area contributed by atoms with Crippen molar-refractivity contribution in [2.24, 2.45) is 0 Å². The minimum Gasteiger partial charge on any atom is -0.340 e. The van der Waals surface area contributed by atoms with Crippen molar-refractivity contribution in [2.45, 2.75) is 13.3 Å². The molecule has 0 radical (unpaired) electrons. The normalized spacial score (nSPS) is 10.4. The van der Waals surface area contributed by atoms with Gasteiger partial charge in [-0.2, -0.15) is 0 Å². The van der Waals surface area contributed by atoms with Crippen LogP contribution in [-0.2, 0) is 6.42 Å². The van der Waals surface area contributed by atoms with E-state index in [2.05, 4.69) is 31.2 Å². The Balaban J connectivity index is 2.27. The fraction of sp³-hybridized carbons (Fsp3) is 0.167. The largest absolute Gasteiger partial charge is 0.340 e. The number of nitrogens with zero attached hydrogens (tertiary/aromatic N) is 2. The molecule has 94 valence electrons. The molecule has 6 heteroatoms. The summed E-state index contributed by atoms with van der Waals surface area (Å²) >= 11 is 15.2. The number of rotatable bonds is 3. The van der Waals surface area contributed by atoms with Crippen molar-refractivity contribution in [1.82, 2.24) is 9.97 Å². The Hall–Kier alpha value is -0.840. The zero-order valence-corrected chi connectivity index (χ0v) is 12.6. The molecule has 18 heavy (non-hydrogen) atoms. The van der Waals surface area contributed by atoms with Crippen molar-refractivity contribution in [3.63, 3.8) is 0 Å². The van der Waals surface area contributed by atoms with Crippen LogP contribution in [0.5, 0.6) is 0 Å². The van der Waals surface area contributed by atoms with E-state index in [-0.39, 0.29) is 0 Å². The first-order valence-electron chi connectivity index (χ1n) is 5.34. The molecular weight excluding hydrogens is 337 g/mol. The van der Waals surface area contributed by atoms with Gasteiger partial charge < -0.3 is 5.32 Å². The molecule has 0 saturated heterocycles. The van der Waals surface area contributed by atoms with Crippen LogP contribution in [0.1, 0.15) is 12.7 Å². The van der Waals surface area contributed by atoms with E-state index in [0.717, 1.165) is 16.6 Å². The van der Waals surface area contributed by atoms with E-state index in [1.807, 2.05) is 19.1 Å². The average molecular weight is 347 g/mol. The number of hydrogen-bond donors (Lipinski definition) is 1. The highest BCUT2D eigenvalue weighted by atomic mass is 79.9. The van der Waals surface area contributed by atoms with Crippen LogP contribution >= 0.6 is 39.1 Å². The number of hydrogen-bond acceptors (Lipinski definition) is 3. The van der Waals surface area contributed by atoms with Gasteiger partial charge in [-0.25, -0.2) is 9.97 Å². The van der Waals surface area contributed by atoms with Crippen LogP contribution in [-0.4, -0.2) is 9.97 Å². The van der Waals surface area contributed by atoms with Crippen molar-refractivity contribution in [2.75, 3.05) is 5.32 Å². The number of anilines is 2. The molecule has 0 aliphatic heterocycles. The van der Waals surface area contributed by atoms with Crippen molar-refractivity contribution >= 4 is 50.6 Å². The molecule has 0 aliphatic carbocycles. The van der Waals surface area contributed by atoms with Crippen LogP contribution in [0.3, 0.4) is 0 Å². The molecule has 1 aromatic heterocycles. The lowest BCUT2D eigenvalue weighted by atomic mass is 10.3. The first kappa shape index (κ1) is 13.6. The van der Waals surface area contributed by atoms with Gasteiger partial charge in [0.25, 0.3) is 0 Å². The van der Waals surface area contributed by atoms with Gasteiger partial charge in [-0.05, 0) is 34.1 Å². The zero-order valence-electron chi connectivity index (χ0n) is 9.54. The lowest BCUT2D eigenvalue weighted by Crippen LogP contribution is -1.99. The summed E-state index contributed by atoms with van der Waals surface area (Å²) in [7, 11) is 0. The molecule has 3 nitrogen and oxygen atoms in total. The van der Waals surface area contributed by atoms with Crippen molar-refractivity contribution in [3.8, 4) is 0 Å². The minimum atomic E-state index is 0.428. The number of aromatic nitrogens is 2. The Labute approximate surface area is 124 Å². The Morgan fingerprint density at radius 2 is 2.00 bits per heavy atom. The molecular formula is C12H10BrCl2N3. The fourth-order valence-corrected chi connectivity index (χ4v) is 2.11. The van der Waals surface area contributed by atoms with E-state index < -0.39 is 0 Å². The third-order valence-electron chi connectivity index (χ3n) is 2.25. The number of halogens is 3. The van der Waals surface area contributed by atoms with Crippen molar-refractivity contribution in [3.05, 3.63) is 44.7 Å². The quantitative estimate of drug-likeness (QED) is 0.807. The monoisotopic (exact) mass is 345 g/mol. The highest BCUT2D eigenvalue weighted by molar-refractivity contribution is 9.10. The standard InChI is InChI=1S/C12H10BrCl2N3/c1-2-11-17-10(15)6-12(18-11)16-7-3-4-9(14)8(13)5-7/h3-6H,2H2,1H3,(H,16,17,18). The third kappa shape index (κ3) is 3.34. The maximum Gasteiger partial charge on any atom is 0.135 e. The van der Waals surface area contributed by atoms with Gasteiger partial charge in [0.05, 0.1) is 5.02 Å². The topological polar surface area (TPSA) is 37.8 Å². The summed E-state index contributed by atoms with van der Waals surface area (Å²) < 4.78 is 0.824. The summed E-state index contributed by atoms with van der Waals surface area (Å²) in [6.45, 7) is 1.98. The Bertz CT molecular complexity index is 575. The zero-order chi connectivity index (χ0) is 13.1. The van der Waals surface area contributed by atoms with Gasteiger partial charge in [0.2, 0.25) is 0 Å². The predicted octanol–water partition coefficient (Wildman–Crippen LogP) is 4.85. The summed E-state index contributed by atoms with van der Waals surface area (Å²) in [6, 6.07) is 7.24. The molecule has 1 N–H and O–H groups in total. The Kier molecular flexibility index (Phi) is 4.43. The molecule has 0 unspecified atom stereocenters. The van der Waals surface area contributed by atoms with E-state index in [0.29, 0.717) is 21.8 Å². The van der Waals surface area contributed by atoms with Crippen LogP contribution in [0.4, 0.5) is 11.5 Å². The van der Waals surface area contributed by atoms with E-state index in [1.165, 1.54) is 0 Å². The SMILES string of the molecule is CCc1nc(Cl)cc(Nc2ccc(Cl)c(Br)c2)n1. The molecule has 2 rings (SSSR count). The van der Waals surface area contributed by atoms with Gasteiger partial charge in [0.15, 0.2) is 0 Å². The summed E-state index contributed by atoms with van der Waals surface area (Å²) in [6.07, 6.45) is 0.736. The van der Waals surface area contributed by atoms with Gasteiger partial charge in [0.1, 0.15) is 16.8 Å². The first-order valence-corrected chi connectivity index (χ1v) is 6.89. The lowest BCUT2D eigenvalue weighted by molar-refractivity contribution is 0.943. The molecule has 0 spiro atoms. The van der Waals surface area contributed by atoms with Crippen LogP contribution in [0.15, 0.2) is 28.7 Å². The van der Waals surface area contributed by atoms with Gasteiger partial charge in [-0.3, -0.25) is 0 Å². The smallest absolute Gasteiger partial charge is 0.135 e. The highest BCUT2D eigenvalue weighted by Crippen LogP contribution is 2.27. The first-order chi connectivity index (χ1) is 8.58. The maximum absolute atomic E-state index is 5.94. The number of nitrogens with one attached hydrogen (secondary N) is 1. The Morgan fingerprint density at radius 3 is 2.67 bits per heavy atom. The van der Waals surface area contributed by atoms with Gasteiger partial charge in [-0.15, -0.1) is 0 Å². The summed E-state index contributed by atoms with van der Waals surface area (Å²) in [5, 5.41) is 4.25. The highest BCUT2D eigenvalue weighted by Gasteiger charge is 2.04. The van der Waals surface area contributed by atoms with E-state index >= 15 is 0 Å². The van der Waals surface area contributed by atoms with Gasteiger partial charge in [-0.1, -0.05) is 30.1 Å². The lowest BCUT2D eigenvalue weighted by Gasteiger charge is -2.08. The van der Waals surface area contributed by atoms with Crippen LogP contribution in [0.2, 0.25) is 10.2 Å². The molecule has 0 atom stereocenters. The minimum absolute atomic E-state index is 0.428. The van der Waals surface area contributed by atoms with E-state index in [4.69, 9.17) is 23.2 Å². The number of aryl methyl sites for hydroxylation is 1. The summed E-state index contributed by atoms with van der Waals surface area (Å²) in [5.41, 5.74) is 0.878. The maximum atomic E-state index is 5.94. The molecule has 0 fully saturated rings. The predicted molar refractivity (Wildman–Crippen MR) is 78.9 cm³/mol. The molecule has 0 saturated carbocycles. The molecule has 0 aliphatic rings. The molecule has 1 aromatic carbocycles. The average Bonchev–Trinajstić information content (AvgIpc) is 2.33. The van der Waals surface area contributed by atoms with Crippen LogP contribution in [0, 0.1) is 0 Å². The second kappa shape index (κ2) is 5.87. The summed E-state index contributed by atoms with van der Waals surface area (Å²) in [4.78, 5) is 8.45. The van der Waals surface area contributed by atoms with E-state index in [9.17, 15) is 0 Å². The number of benzene rings is 1. The third-order valence-corrected chi connectivity index (χ3v) is 3.66. The van der Waals surface area contributed by atoms with Crippen molar-refractivity contribution in [1.29, 1.82) is 0 Å². The summed E-state index contributed by atoms with van der Waals surface area (Å²) in [5.74, 6) is 1.37. The molecule has 1 heterocycles.